The highest BCUT2D eigenvalue weighted by Crippen LogP contribution is 2.22. The summed E-state index contributed by atoms with van der Waals surface area (Å²) in [5.41, 5.74) is 0. The SMILES string of the molecule is CCCCCCCCCCCCCCCCCC(O)CO[C@H]1O[C@H](CO)[C@@H](O)[C@H](O)[C@H]1O. The average molecular weight is 463 g/mol. The van der Waals surface area contributed by atoms with Crippen molar-refractivity contribution in [1.29, 1.82) is 0 Å². The highest BCUT2D eigenvalue weighted by Gasteiger charge is 2.44. The van der Waals surface area contributed by atoms with Crippen molar-refractivity contribution in [3.05, 3.63) is 0 Å². The zero-order chi connectivity index (χ0) is 23.6. The molecule has 0 aromatic carbocycles. The second kappa shape index (κ2) is 19.1. The number of aliphatic hydroxyl groups is 5. The van der Waals surface area contributed by atoms with Crippen LogP contribution >= 0.6 is 0 Å². The first-order chi connectivity index (χ1) is 15.5. The van der Waals surface area contributed by atoms with E-state index in [1.54, 1.807) is 0 Å². The van der Waals surface area contributed by atoms with E-state index in [2.05, 4.69) is 6.92 Å². The molecule has 0 aromatic heterocycles. The van der Waals surface area contributed by atoms with E-state index in [4.69, 9.17) is 9.47 Å². The van der Waals surface area contributed by atoms with E-state index in [1.807, 2.05) is 0 Å². The molecular weight excluding hydrogens is 412 g/mol. The van der Waals surface area contributed by atoms with Gasteiger partial charge < -0.3 is 35.0 Å². The molecule has 192 valence electrons. The summed E-state index contributed by atoms with van der Waals surface area (Å²) in [6.07, 6.45) is 12.9. The minimum absolute atomic E-state index is 0.0265. The van der Waals surface area contributed by atoms with Gasteiger partial charge >= 0.3 is 0 Å². The highest BCUT2D eigenvalue weighted by molar-refractivity contribution is 4.88. The molecule has 1 saturated heterocycles. The zero-order valence-corrected chi connectivity index (χ0v) is 20.2. The van der Waals surface area contributed by atoms with Crippen molar-refractivity contribution < 1.29 is 35.0 Å². The smallest absolute Gasteiger partial charge is 0.186 e. The molecule has 0 spiro atoms. The molecule has 0 saturated carbocycles. The normalized spacial score (nSPS) is 27.0. The summed E-state index contributed by atoms with van der Waals surface area (Å²) in [6.45, 7) is 1.74. The van der Waals surface area contributed by atoms with E-state index in [0.717, 1.165) is 12.8 Å². The third kappa shape index (κ3) is 12.8. The van der Waals surface area contributed by atoms with Crippen LogP contribution in [0.4, 0.5) is 0 Å². The molecule has 0 amide bonds. The zero-order valence-electron chi connectivity index (χ0n) is 20.2. The third-order valence-corrected chi connectivity index (χ3v) is 6.44. The Hall–Kier alpha value is -0.280. The summed E-state index contributed by atoms with van der Waals surface area (Å²) in [6, 6.07) is 0. The molecule has 5 N–H and O–H groups in total. The molecule has 1 unspecified atom stereocenters. The first kappa shape index (κ1) is 29.8. The molecule has 6 atom stereocenters. The van der Waals surface area contributed by atoms with Crippen molar-refractivity contribution in [2.75, 3.05) is 13.2 Å². The Bertz CT molecular complexity index is 421. The second-order valence-electron chi connectivity index (χ2n) is 9.42. The fourth-order valence-electron chi connectivity index (χ4n) is 4.25. The predicted octanol–water partition coefficient (Wildman–Crippen LogP) is 3.43. The van der Waals surface area contributed by atoms with Crippen molar-refractivity contribution in [1.82, 2.24) is 0 Å². The number of unbranched alkanes of at least 4 members (excludes halogenated alkanes) is 14. The van der Waals surface area contributed by atoms with E-state index in [-0.39, 0.29) is 6.61 Å². The van der Waals surface area contributed by atoms with Gasteiger partial charge in [0, 0.05) is 0 Å². The molecule has 1 fully saturated rings. The molecule has 1 aliphatic rings. The van der Waals surface area contributed by atoms with Gasteiger partial charge in [0.25, 0.3) is 0 Å². The monoisotopic (exact) mass is 462 g/mol. The summed E-state index contributed by atoms with van der Waals surface area (Å²) < 4.78 is 10.6. The Morgan fingerprint density at radius 2 is 1.16 bits per heavy atom. The fourth-order valence-corrected chi connectivity index (χ4v) is 4.25. The van der Waals surface area contributed by atoms with Crippen molar-refractivity contribution in [3.63, 3.8) is 0 Å². The lowest BCUT2D eigenvalue weighted by Crippen LogP contribution is -2.59. The summed E-state index contributed by atoms with van der Waals surface area (Å²) >= 11 is 0. The van der Waals surface area contributed by atoms with E-state index >= 15 is 0 Å². The molecule has 32 heavy (non-hydrogen) atoms. The van der Waals surface area contributed by atoms with Crippen LogP contribution in [0, 0.1) is 0 Å². The first-order valence-corrected chi connectivity index (χ1v) is 13.1. The molecule has 7 heteroatoms. The Balaban J connectivity index is 1.92. The number of rotatable bonds is 20. The van der Waals surface area contributed by atoms with Crippen LogP contribution < -0.4 is 0 Å². The lowest BCUT2D eigenvalue weighted by atomic mass is 9.99. The summed E-state index contributed by atoms with van der Waals surface area (Å²) in [5.74, 6) is 0. The third-order valence-electron chi connectivity index (χ3n) is 6.44. The van der Waals surface area contributed by atoms with Gasteiger partial charge in [-0.2, -0.15) is 0 Å². The topological polar surface area (TPSA) is 120 Å². The van der Waals surface area contributed by atoms with E-state index in [0.29, 0.717) is 6.42 Å². The number of hydrogen-bond acceptors (Lipinski definition) is 7. The van der Waals surface area contributed by atoms with Crippen LogP contribution in [0.2, 0.25) is 0 Å². The van der Waals surface area contributed by atoms with Crippen molar-refractivity contribution in [2.45, 2.75) is 146 Å². The minimum atomic E-state index is -1.46. The van der Waals surface area contributed by atoms with Crippen molar-refractivity contribution in [2.24, 2.45) is 0 Å². The number of aliphatic hydroxyl groups excluding tert-OH is 5. The Labute approximate surface area is 195 Å². The molecule has 0 radical (unpaired) electrons. The quantitative estimate of drug-likeness (QED) is 0.176. The van der Waals surface area contributed by atoms with E-state index < -0.39 is 43.4 Å². The number of ether oxygens (including phenoxy) is 2. The van der Waals surface area contributed by atoms with Crippen LogP contribution in [0.1, 0.15) is 110 Å². The second-order valence-corrected chi connectivity index (χ2v) is 9.42. The lowest BCUT2D eigenvalue weighted by Gasteiger charge is -2.39. The molecule has 0 aliphatic carbocycles. The molecule has 1 aliphatic heterocycles. The van der Waals surface area contributed by atoms with Crippen LogP contribution in [-0.4, -0.2) is 75.6 Å². The van der Waals surface area contributed by atoms with E-state index in [9.17, 15) is 25.5 Å². The molecular formula is C25H50O7. The Kier molecular flexibility index (Phi) is 17.7. The summed E-state index contributed by atoms with van der Waals surface area (Å²) in [7, 11) is 0. The average Bonchev–Trinajstić information content (AvgIpc) is 2.79. The summed E-state index contributed by atoms with van der Waals surface area (Å²) in [4.78, 5) is 0. The van der Waals surface area contributed by atoms with Crippen LogP contribution in [-0.2, 0) is 9.47 Å². The Morgan fingerprint density at radius 3 is 1.62 bits per heavy atom. The largest absolute Gasteiger partial charge is 0.394 e. The van der Waals surface area contributed by atoms with Crippen LogP contribution in [0.5, 0.6) is 0 Å². The van der Waals surface area contributed by atoms with Gasteiger partial charge in [-0.25, -0.2) is 0 Å². The maximum Gasteiger partial charge on any atom is 0.186 e. The van der Waals surface area contributed by atoms with Crippen LogP contribution in [0.15, 0.2) is 0 Å². The minimum Gasteiger partial charge on any atom is -0.394 e. The fraction of sp³-hybridized carbons (Fsp3) is 1.00. The molecule has 7 nitrogen and oxygen atoms in total. The maximum absolute atomic E-state index is 10.1. The van der Waals surface area contributed by atoms with Gasteiger partial charge in [0.2, 0.25) is 0 Å². The first-order valence-electron chi connectivity index (χ1n) is 13.1. The van der Waals surface area contributed by atoms with Gasteiger partial charge in [-0.1, -0.05) is 103 Å². The molecule has 0 aromatic rings. The summed E-state index contributed by atoms with van der Waals surface area (Å²) in [5, 5.41) is 48.7. The van der Waals surface area contributed by atoms with Gasteiger partial charge in [0.1, 0.15) is 24.4 Å². The van der Waals surface area contributed by atoms with Gasteiger partial charge in [0.15, 0.2) is 6.29 Å². The Morgan fingerprint density at radius 1 is 0.688 bits per heavy atom. The standard InChI is InChI=1S/C25H50O7/c1-2-3-4-5-6-7-8-9-10-11-12-13-14-15-16-17-20(27)19-31-25-24(30)23(29)22(28)21(18-26)32-25/h20-30H,2-19H2,1H3/t20?,21-,22-,23+,24-,25+/m1/s1. The molecule has 0 bridgehead atoms. The van der Waals surface area contributed by atoms with Crippen LogP contribution in [0.3, 0.4) is 0 Å². The number of hydrogen-bond donors (Lipinski definition) is 5. The predicted molar refractivity (Wildman–Crippen MR) is 125 cm³/mol. The van der Waals surface area contributed by atoms with Crippen molar-refractivity contribution in [3.8, 4) is 0 Å². The molecule has 1 heterocycles. The highest BCUT2D eigenvalue weighted by atomic mass is 16.7. The van der Waals surface area contributed by atoms with E-state index in [1.165, 1.54) is 83.5 Å². The maximum atomic E-state index is 10.1. The molecule has 1 rings (SSSR count). The van der Waals surface area contributed by atoms with Gasteiger partial charge in [-0.3, -0.25) is 0 Å². The van der Waals surface area contributed by atoms with Gasteiger partial charge in [-0.05, 0) is 6.42 Å². The van der Waals surface area contributed by atoms with Crippen LogP contribution in [0.25, 0.3) is 0 Å². The lowest BCUT2D eigenvalue weighted by molar-refractivity contribution is -0.304. The van der Waals surface area contributed by atoms with Gasteiger partial charge in [0.05, 0.1) is 19.3 Å². The van der Waals surface area contributed by atoms with Crippen molar-refractivity contribution >= 4 is 0 Å². The van der Waals surface area contributed by atoms with Gasteiger partial charge in [-0.15, -0.1) is 0 Å².